The highest BCUT2D eigenvalue weighted by Gasteiger charge is 2.63. The van der Waals surface area contributed by atoms with Gasteiger partial charge in [0.2, 0.25) is 11.8 Å². The second-order valence-corrected chi connectivity index (χ2v) is 9.82. The van der Waals surface area contributed by atoms with Gasteiger partial charge in [0.15, 0.2) is 0 Å². The minimum Gasteiger partial charge on any atom is -0.396 e. The molecule has 5 atom stereocenters. The Labute approximate surface area is 194 Å². The van der Waals surface area contributed by atoms with Crippen LogP contribution in [0.2, 0.25) is 0 Å². The Morgan fingerprint density at radius 1 is 1.06 bits per heavy atom. The van der Waals surface area contributed by atoms with E-state index in [-0.39, 0.29) is 24.6 Å². The number of likely N-dealkylation sites (N-methyl/N-ethyl adjacent to an activating group) is 1. The van der Waals surface area contributed by atoms with E-state index in [9.17, 15) is 19.5 Å². The third-order valence-corrected chi connectivity index (χ3v) is 7.99. The fraction of sp³-hybridized carbons (Fsp3) is 0.560. The number of likely N-dealkylation sites (tertiary alicyclic amines) is 2. The van der Waals surface area contributed by atoms with Gasteiger partial charge >= 0.3 is 6.03 Å². The molecule has 0 spiro atoms. The Kier molecular flexibility index (Phi) is 5.84. The Hall–Kier alpha value is -2.55. The molecule has 33 heavy (non-hydrogen) atoms. The zero-order valence-corrected chi connectivity index (χ0v) is 19.0. The van der Waals surface area contributed by atoms with Crippen molar-refractivity contribution in [3.05, 3.63) is 47.0 Å². The van der Waals surface area contributed by atoms with Crippen LogP contribution in [-0.2, 0) is 16.1 Å². The number of carbonyl (C=O) groups is 3. The van der Waals surface area contributed by atoms with Crippen molar-refractivity contribution < 1.29 is 19.5 Å². The molecule has 8 nitrogen and oxygen atoms in total. The van der Waals surface area contributed by atoms with Crippen LogP contribution in [0.15, 0.2) is 35.9 Å². The number of hydrogen-bond acceptors (Lipinski definition) is 6. The number of aliphatic hydroxyl groups excluding tert-OH is 1. The molecule has 4 heterocycles. The predicted molar refractivity (Wildman–Crippen MR) is 122 cm³/mol. The number of nitrogens with two attached hydrogens (primary N) is 1. The Morgan fingerprint density at radius 2 is 1.73 bits per heavy atom. The maximum absolute atomic E-state index is 13.2. The van der Waals surface area contributed by atoms with Crippen LogP contribution in [0.5, 0.6) is 0 Å². The summed E-state index contributed by atoms with van der Waals surface area (Å²) >= 11 is 0. The van der Waals surface area contributed by atoms with Gasteiger partial charge in [-0.05, 0) is 56.9 Å². The van der Waals surface area contributed by atoms with Crippen molar-refractivity contribution in [3.8, 4) is 0 Å². The van der Waals surface area contributed by atoms with Crippen molar-refractivity contribution in [2.75, 3.05) is 26.7 Å². The molecule has 1 aromatic rings. The van der Waals surface area contributed by atoms with Crippen molar-refractivity contribution in [1.82, 2.24) is 14.7 Å². The molecule has 3 fully saturated rings. The van der Waals surface area contributed by atoms with E-state index in [4.69, 9.17) is 5.73 Å². The molecule has 0 saturated carbocycles. The van der Waals surface area contributed by atoms with Crippen LogP contribution in [-0.4, -0.2) is 70.4 Å². The summed E-state index contributed by atoms with van der Waals surface area (Å²) in [6.07, 6.45) is 5.86. The monoisotopic (exact) mass is 452 g/mol. The van der Waals surface area contributed by atoms with Gasteiger partial charge in [0.25, 0.3) is 0 Å². The zero-order chi connectivity index (χ0) is 23.3. The number of aliphatic hydroxyl groups is 1. The van der Waals surface area contributed by atoms with Crippen LogP contribution in [0.1, 0.15) is 42.9 Å². The van der Waals surface area contributed by atoms with Crippen molar-refractivity contribution in [3.63, 3.8) is 0 Å². The third kappa shape index (κ3) is 3.61. The smallest absolute Gasteiger partial charge is 0.328 e. The molecule has 8 heteroatoms. The van der Waals surface area contributed by atoms with E-state index < -0.39 is 29.7 Å². The Balaban J connectivity index is 1.48. The summed E-state index contributed by atoms with van der Waals surface area (Å²) in [5.74, 6) is -2.40. The number of piperidine rings is 1. The van der Waals surface area contributed by atoms with Gasteiger partial charge < -0.3 is 10.8 Å². The Bertz CT molecular complexity index is 985. The predicted octanol–water partition coefficient (Wildman–Crippen LogP) is 1.65. The molecule has 5 unspecified atom stereocenters. The molecular weight excluding hydrogens is 420 g/mol. The largest absolute Gasteiger partial charge is 0.396 e. The maximum Gasteiger partial charge on any atom is 0.328 e. The number of fused-ring (bicyclic) bond motifs is 1. The highest BCUT2D eigenvalue weighted by molar-refractivity contribution is 6.17. The fourth-order valence-electron chi connectivity index (χ4n) is 6.54. The first-order valence-corrected chi connectivity index (χ1v) is 11.9. The van der Waals surface area contributed by atoms with Gasteiger partial charge in [0.05, 0.1) is 11.8 Å². The third-order valence-electron chi connectivity index (χ3n) is 7.99. The van der Waals surface area contributed by atoms with Crippen molar-refractivity contribution in [2.24, 2.45) is 23.5 Å². The number of carbonyl (C=O) groups excluding carboxylic acids is 3. The lowest BCUT2D eigenvalue weighted by molar-refractivity contribution is -0.136. The van der Waals surface area contributed by atoms with Crippen LogP contribution in [0.3, 0.4) is 0 Å². The summed E-state index contributed by atoms with van der Waals surface area (Å²) in [5.41, 5.74) is 8.86. The fourth-order valence-corrected chi connectivity index (χ4v) is 6.54. The van der Waals surface area contributed by atoms with E-state index in [0.717, 1.165) is 30.8 Å². The summed E-state index contributed by atoms with van der Waals surface area (Å²) < 4.78 is 0. The van der Waals surface area contributed by atoms with E-state index in [0.29, 0.717) is 17.7 Å². The number of rotatable bonds is 6. The van der Waals surface area contributed by atoms with Gasteiger partial charge in [-0.15, -0.1) is 0 Å². The van der Waals surface area contributed by atoms with Gasteiger partial charge in [-0.1, -0.05) is 35.9 Å². The second kappa shape index (κ2) is 8.66. The average Bonchev–Trinajstić information content (AvgIpc) is 3.40. The van der Waals surface area contributed by atoms with Crippen molar-refractivity contribution >= 4 is 17.8 Å². The SMILES string of the molecule is CN1C2C=C(CCCO)C(C3C(=O)N(C(N)=O)C(=O)C32)C1c1ccc(CN2CCCC2)cc1. The van der Waals surface area contributed by atoms with Gasteiger partial charge in [0.1, 0.15) is 0 Å². The molecule has 0 radical (unpaired) electrons. The molecule has 3 saturated heterocycles. The normalized spacial score (nSPS) is 31.9. The summed E-state index contributed by atoms with van der Waals surface area (Å²) in [5, 5.41) is 9.41. The minimum atomic E-state index is -0.999. The maximum atomic E-state index is 13.2. The van der Waals surface area contributed by atoms with Gasteiger partial charge in [-0.2, -0.15) is 4.90 Å². The molecule has 4 amide bonds. The Morgan fingerprint density at radius 3 is 2.36 bits per heavy atom. The van der Waals surface area contributed by atoms with Crippen LogP contribution in [0.25, 0.3) is 0 Å². The van der Waals surface area contributed by atoms with E-state index in [2.05, 4.69) is 40.1 Å². The van der Waals surface area contributed by atoms with E-state index in [1.807, 2.05) is 7.05 Å². The number of urea groups is 1. The molecule has 3 N–H and O–H groups in total. The van der Waals surface area contributed by atoms with Crippen molar-refractivity contribution in [2.45, 2.75) is 44.3 Å². The van der Waals surface area contributed by atoms with E-state index in [1.54, 1.807) is 0 Å². The number of primary amides is 1. The first-order valence-electron chi connectivity index (χ1n) is 11.9. The topological polar surface area (TPSA) is 107 Å². The van der Waals surface area contributed by atoms with E-state index >= 15 is 0 Å². The number of imide groups is 3. The summed E-state index contributed by atoms with van der Waals surface area (Å²) in [4.78, 5) is 43.4. The highest BCUT2D eigenvalue weighted by Crippen LogP contribution is 2.56. The lowest BCUT2D eigenvalue weighted by Gasteiger charge is -2.53. The second-order valence-electron chi connectivity index (χ2n) is 9.82. The van der Waals surface area contributed by atoms with Crippen LogP contribution in [0, 0.1) is 17.8 Å². The summed E-state index contributed by atoms with van der Waals surface area (Å²) in [6.45, 7) is 3.30. The highest BCUT2D eigenvalue weighted by atomic mass is 16.3. The quantitative estimate of drug-likeness (QED) is 0.502. The molecule has 1 aromatic carbocycles. The average molecular weight is 453 g/mol. The number of hydrogen-bond donors (Lipinski definition) is 2. The lowest BCUT2D eigenvalue weighted by Crippen LogP contribution is -2.57. The molecule has 5 aliphatic rings. The zero-order valence-electron chi connectivity index (χ0n) is 19.0. The number of amides is 4. The van der Waals surface area contributed by atoms with E-state index in [1.165, 1.54) is 18.4 Å². The first kappa shape index (κ1) is 22.3. The lowest BCUT2D eigenvalue weighted by atomic mass is 9.61. The number of benzene rings is 1. The standard InChI is InChI=1S/C25H32N4O4/c1-27-18-13-17(5-4-12-30)19(21-20(18)23(31)29(24(21)32)25(26)33)22(27)16-8-6-15(7-9-16)14-28-10-2-3-11-28/h6-9,13,18-22,30H,2-5,10-12,14H2,1H3,(H2,26,33). The van der Waals surface area contributed by atoms with Gasteiger partial charge in [-0.3, -0.25) is 19.4 Å². The summed E-state index contributed by atoms with van der Waals surface area (Å²) in [6, 6.07) is 7.23. The summed E-state index contributed by atoms with van der Waals surface area (Å²) in [7, 11) is 1.99. The molecule has 1 aliphatic carbocycles. The molecule has 176 valence electrons. The van der Waals surface area contributed by atoms with Crippen LogP contribution < -0.4 is 5.73 Å². The molecular formula is C25H32N4O4. The molecule has 0 aromatic heterocycles. The van der Waals surface area contributed by atoms with Gasteiger partial charge in [0, 0.05) is 31.2 Å². The number of nitrogens with zero attached hydrogens (tertiary/aromatic N) is 3. The van der Waals surface area contributed by atoms with Crippen molar-refractivity contribution in [1.29, 1.82) is 0 Å². The van der Waals surface area contributed by atoms with Gasteiger partial charge in [-0.25, -0.2) is 4.79 Å². The molecule has 6 rings (SSSR count). The first-order chi connectivity index (χ1) is 15.9. The van der Waals surface area contributed by atoms with Crippen LogP contribution in [0.4, 0.5) is 4.79 Å². The van der Waals surface area contributed by atoms with Crippen LogP contribution >= 0.6 is 0 Å². The molecule has 2 bridgehead atoms. The minimum absolute atomic E-state index is 0.0643. The molecule has 4 aliphatic heterocycles.